The molecule has 0 amide bonds. The van der Waals surface area contributed by atoms with Crippen LogP contribution in [-0.2, 0) is 19.1 Å². The molecule has 0 saturated heterocycles. The summed E-state index contributed by atoms with van der Waals surface area (Å²) in [5, 5.41) is 14.0. The van der Waals surface area contributed by atoms with Crippen molar-refractivity contribution in [3.63, 3.8) is 0 Å². The van der Waals surface area contributed by atoms with E-state index in [1.165, 1.54) is 30.3 Å². The molecule has 3 rings (SSSR count). The van der Waals surface area contributed by atoms with Gasteiger partial charge < -0.3 is 19.5 Å². The number of ether oxygens (including phenoxy) is 3. The minimum absolute atomic E-state index is 0.0259. The number of nitro benzene ring substituents is 1. The summed E-state index contributed by atoms with van der Waals surface area (Å²) >= 11 is 0. The van der Waals surface area contributed by atoms with E-state index in [0.717, 1.165) is 6.07 Å². The molecule has 188 valence electrons. The molecule has 1 N–H and O–H groups in total. The number of esters is 3. The first-order chi connectivity index (χ1) is 17.2. The maximum atomic E-state index is 12.9. The van der Waals surface area contributed by atoms with Crippen LogP contribution in [0.15, 0.2) is 71.1 Å². The largest absolute Gasteiger partial charge is 0.463 e. The predicted molar refractivity (Wildman–Crippen MR) is 129 cm³/mol. The fourth-order valence-electron chi connectivity index (χ4n) is 3.93. The van der Waals surface area contributed by atoms with Gasteiger partial charge in [-0.2, -0.15) is 0 Å². The Kier molecular flexibility index (Phi) is 8.21. The molecule has 0 radical (unpaired) electrons. The van der Waals surface area contributed by atoms with Crippen molar-refractivity contribution >= 4 is 23.6 Å². The first-order valence-electron chi connectivity index (χ1n) is 11.3. The zero-order valence-corrected chi connectivity index (χ0v) is 20.3. The van der Waals surface area contributed by atoms with Gasteiger partial charge in [0.15, 0.2) is 0 Å². The Morgan fingerprint density at radius 2 is 1.44 bits per heavy atom. The number of dihydropyridines is 1. The summed E-state index contributed by atoms with van der Waals surface area (Å²) in [6.07, 6.45) is 0. The van der Waals surface area contributed by atoms with Gasteiger partial charge in [0.05, 0.1) is 40.8 Å². The molecule has 2 aromatic rings. The van der Waals surface area contributed by atoms with Gasteiger partial charge in [-0.3, -0.25) is 10.1 Å². The molecule has 0 aliphatic carbocycles. The Morgan fingerprint density at radius 3 is 1.94 bits per heavy atom. The first-order valence-corrected chi connectivity index (χ1v) is 11.3. The van der Waals surface area contributed by atoms with Gasteiger partial charge in [-0.25, -0.2) is 14.4 Å². The molecule has 1 heterocycles. The lowest BCUT2D eigenvalue weighted by Crippen LogP contribution is -2.32. The molecule has 0 atom stereocenters. The van der Waals surface area contributed by atoms with E-state index in [-0.39, 0.29) is 41.4 Å². The molecule has 0 spiro atoms. The molecule has 1 aliphatic rings. The zero-order chi connectivity index (χ0) is 26.4. The third kappa shape index (κ3) is 5.60. The monoisotopic (exact) mass is 494 g/mol. The van der Waals surface area contributed by atoms with Gasteiger partial charge in [-0.1, -0.05) is 18.2 Å². The average Bonchev–Trinajstić information content (AvgIpc) is 2.84. The molecule has 0 bridgehead atoms. The molecule has 2 aromatic carbocycles. The van der Waals surface area contributed by atoms with Crippen molar-refractivity contribution in [3.05, 3.63) is 92.3 Å². The lowest BCUT2D eigenvalue weighted by atomic mass is 9.80. The number of nitrogens with one attached hydrogen (secondary N) is 1. The van der Waals surface area contributed by atoms with E-state index < -0.39 is 28.7 Å². The highest BCUT2D eigenvalue weighted by molar-refractivity contribution is 6.00. The van der Waals surface area contributed by atoms with E-state index in [1.807, 2.05) is 0 Å². The average molecular weight is 495 g/mol. The molecular formula is C26H26N2O8. The van der Waals surface area contributed by atoms with E-state index in [1.54, 1.807) is 39.8 Å². The smallest absolute Gasteiger partial charge is 0.343 e. The SMILES string of the molecule is CCOC(=O)C1=C(C)NC(C)=C(C(=O)OCC)C1c1ccc(OC(=O)c2cccc([N+](=O)[O-])c2)cc1. The third-order valence-electron chi connectivity index (χ3n) is 5.47. The van der Waals surface area contributed by atoms with Gasteiger partial charge in [0.25, 0.3) is 5.69 Å². The number of carbonyl (C=O) groups is 3. The van der Waals surface area contributed by atoms with Crippen molar-refractivity contribution in [1.82, 2.24) is 5.32 Å². The summed E-state index contributed by atoms with van der Waals surface area (Å²) < 4.78 is 15.9. The van der Waals surface area contributed by atoms with Crippen LogP contribution in [0.3, 0.4) is 0 Å². The van der Waals surface area contributed by atoms with Crippen molar-refractivity contribution in [2.75, 3.05) is 13.2 Å². The number of nitrogens with zero attached hydrogens (tertiary/aromatic N) is 1. The summed E-state index contributed by atoms with van der Waals surface area (Å²) in [5.74, 6) is -2.49. The molecule has 0 aromatic heterocycles. The predicted octanol–water partition coefficient (Wildman–Crippen LogP) is 4.18. The van der Waals surface area contributed by atoms with Crippen LogP contribution in [0.2, 0.25) is 0 Å². The fourth-order valence-corrected chi connectivity index (χ4v) is 3.93. The number of nitro groups is 1. The van der Waals surface area contributed by atoms with E-state index in [4.69, 9.17) is 14.2 Å². The second-order valence-electron chi connectivity index (χ2n) is 7.84. The summed E-state index contributed by atoms with van der Waals surface area (Å²) in [6, 6.07) is 11.5. The Morgan fingerprint density at radius 1 is 0.889 bits per heavy atom. The Balaban J connectivity index is 1.95. The maximum Gasteiger partial charge on any atom is 0.343 e. The Labute approximate surface area is 207 Å². The number of rotatable bonds is 8. The molecule has 0 fully saturated rings. The number of hydrogen-bond acceptors (Lipinski definition) is 9. The number of hydrogen-bond donors (Lipinski definition) is 1. The number of allylic oxidation sites excluding steroid dienone is 2. The highest BCUT2D eigenvalue weighted by Crippen LogP contribution is 2.39. The highest BCUT2D eigenvalue weighted by Gasteiger charge is 2.37. The molecular weight excluding hydrogens is 468 g/mol. The van der Waals surface area contributed by atoms with E-state index in [9.17, 15) is 24.5 Å². The van der Waals surface area contributed by atoms with Crippen molar-refractivity contribution < 1.29 is 33.5 Å². The van der Waals surface area contributed by atoms with Crippen LogP contribution >= 0.6 is 0 Å². The topological polar surface area (TPSA) is 134 Å². The third-order valence-corrected chi connectivity index (χ3v) is 5.47. The van der Waals surface area contributed by atoms with E-state index in [0.29, 0.717) is 17.0 Å². The van der Waals surface area contributed by atoms with Crippen molar-refractivity contribution in [2.24, 2.45) is 0 Å². The number of non-ortho nitro benzene ring substituents is 1. The van der Waals surface area contributed by atoms with Gasteiger partial charge in [0.1, 0.15) is 5.75 Å². The minimum atomic E-state index is -0.772. The molecule has 10 heteroatoms. The van der Waals surface area contributed by atoms with Gasteiger partial charge in [-0.15, -0.1) is 0 Å². The van der Waals surface area contributed by atoms with Crippen LogP contribution in [0.4, 0.5) is 5.69 Å². The molecule has 10 nitrogen and oxygen atoms in total. The van der Waals surface area contributed by atoms with Gasteiger partial charge in [0, 0.05) is 23.5 Å². The maximum absolute atomic E-state index is 12.9. The van der Waals surface area contributed by atoms with Crippen LogP contribution in [-0.4, -0.2) is 36.0 Å². The molecule has 1 aliphatic heterocycles. The zero-order valence-electron chi connectivity index (χ0n) is 20.3. The van der Waals surface area contributed by atoms with Crippen LogP contribution in [0.1, 0.15) is 49.5 Å². The molecule has 36 heavy (non-hydrogen) atoms. The quantitative estimate of drug-likeness (QED) is 0.248. The second kappa shape index (κ2) is 11.3. The Hall–Kier alpha value is -4.47. The fraction of sp³-hybridized carbons (Fsp3) is 0.269. The number of carbonyl (C=O) groups excluding carboxylic acids is 3. The minimum Gasteiger partial charge on any atom is -0.463 e. The van der Waals surface area contributed by atoms with Crippen molar-refractivity contribution in [3.8, 4) is 5.75 Å². The first kappa shape index (κ1) is 26.1. The summed E-state index contributed by atoms with van der Waals surface area (Å²) in [7, 11) is 0. The Bertz CT molecular complexity index is 1220. The van der Waals surface area contributed by atoms with Crippen LogP contribution in [0.25, 0.3) is 0 Å². The normalized spacial score (nSPS) is 13.7. The van der Waals surface area contributed by atoms with E-state index >= 15 is 0 Å². The second-order valence-corrected chi connectivity index (χ2v) is 7.84. The summed E-state index contributed by atoms with van der Waals surface area (Å²) in [5.41, 5.74) is 2.01. The van der Waals surface area contributed by atoms with Crippen molar-refractivity contribution in [2.45, 2.75) is 33.6 Å². The molecule has 0 unspecified atom stereocenters. The van der Waals surface area contributed by atoms with Gasteiger partial charge in [-0.05, 0) is 51.5 Å². The highest BCUT2D eigenvalue weighted by atomic mass is 16.6. The van der Waals surface area contributed by atoms with Crippen molar-refractivity contribution in [1.29, 1.82) is 0 Å². The van der Waals surface area contributed by atoms with Gasteiger partial charge in [0.2, 0.25) is 0 Å². The van der Waals surface area contributed by atoms with Crippen LogP contribution in [0.5, 0.6) is 5.75 Å². The lowest BCUT2D eigenvalue weighted by molar-refractivity contribution is -0.384. The van der Waals surface area contributed by atoms with Crippen LogP contribution in [0, 0.1) is 10.1 Å². The van der Waals surface area contributed by atoms with Crippen LogP contribution < -0.4 is 10.1 Å². The standard InChI is InChI=1S/C26H26N2O8/c1-5-34-25(30)21-15(3)27-16(4)22(26(31)35-6-2)23(21)17-10-12-20(13-11-17)36-24(29)18-8-7-9-19(14-18)28(32)33/h7-14,23,27H,5-6H2,1-4H3. The molecule has 0 saturated carbocycles. The number of benzene rings is 2. The van der Waals surface area contributed by atoms with Gasteiger partial charge >= 0.3 is 17.9 Å². The lowest BCUT2D eigenvalue weighted by Gasteiger charge is -2.30. The summed E-state index contributed by atoms with van der Waals surface area (Å²) in [4.78, 5) is 48.6. The van der Waals surface area contributed by atoms with E-state index in [2.05, 4.69) is 5.32 Å². The summed E-state index contributed by atoms with van der Waals surface area (Å²) in [6.45, 7) is 7.15.